The maximum atomic E-state index is 5.40. The lowest BCUT2D eigenvalue weighted by atomic mass is 10.3. The molecule has 1 aliphatic heterocycles. The van der Waals surface area contributed by atoms with Crippen LogP contribution in [0.15, 0.2) is 10.6 Å². The highest BCUT2D eigenvalue weighted by atomic mass is 16.5. The van der Waals surface area contributed by atoms with Crippen LogP contribution in [-0.2, 0) is 13.1 Å². The van der Waals surface area contributed by atoms with Crippen molar-refractivity contribution in [3.63, 3.8) is 0 Å². The molecule has 1 aliphatic carbocycles. The van der Waals surface area contributed by atoms with Crippen molar-refractivity contribution < 1.29 is 4.52 Å². The Morgan fingerprint density at radius 2 is 2.11 bits per heavy atom. The van der Waals surface area contributed by atoms with Crippen molar-refractivity contribution in [3.8, 4) is 0 Å². The Hall–Kier alpha value is -0.910. The van der Waals surface area contributed by atoms with Gasteiger partial charge in [0.25, 0.3) is 0 Å². The molecule has 5 nitrogen and oxygen atoms in total. The maximum absolute atomic E-state index is 5.40. The van der Waals surface area contributed by atoms with E-state index < -0.39 is 0 Å². The van der Waals surface area contributed by atoms with E-state index in [0.29, 0.717) is 0 Å². The van der Waals surface area contributed by atoms with E-state index in [2.05, 4.69) is 33.4 Å². The topological polar surface area (TPSA) is 44.5 Å². The van der Waals surface area contributed by atoms with Crippen LogP contribution in [0, 0.1) is 0 Å². The minimum absolute atomic E-state index is 0.725. The quantitative estimate of drug-likeness (QED) is 0.832. The summed E-state index contributed by atoms with van der Waals surface area (Å²) in [5, 5.41) is 7.57. The molecule has 100 valence electrons. The largest absolute Gasteiger partial charge is 0.360 e. The van der Waals surface area contributed by atoms with Gasteiger partial charge in [0.05, 0.1) is 12.2 Å². The van der Waals surface area contributed by atoms with Crippen molar-refractivity contribution in [2.75, 3.05) is 33.2 Å². The van der Waals surface area contributed by atoms with Crippen LogP contribution >= 0.6 is 0 Å². The first-order valence-corrected chi connectivity index (χ1v) is 6.88. The summed E-state index contributed by atoms with van der Waals surface area (Å²) < 4.78 is 5.40. The molecular weight excluding hydrogens is 228 g/mol. The Morgan fingerprint density at radius 3 is 2.83 bits per heavy atom. The standard InChI is InChI=1S/C13H22N4O/c1-16-4-6-17(7-5-16)10-13-8-12(15-18-13)9-14-11-2-3-11/h8,11,14H,2-7,9-10H2,1H3. The first-order chi connectivity index (χ1) is 8.79. The van der Waals surface area contributed by atoms with Gasteiger partial charge in [-0.2, -0.15) is 0 Å². The zero-order chi connectivity index (χ0) is 12.4. The van der Waals surface area contributed by atoms with Gasteiger partial charge >= 0.3 is 0 Å². The average Bonchev–Trinajstić information content (AvgIpc) is 3.10. The highest BCUT2D eigenvalue weighted by Crippen LogP contribution is 2.19. The molecule has 1 saturated heterocycles. The third kappa shape index (κ3) is 3.31. The smallest absolute Gasteiger partial charge is 0.151 e. The van der Waals surface area contributed by atoms with E-state index in [-0.39, 0.29) is 0 Å². The molecule has 2 aliphatic rings. The van der Waals surface area contributed by atoms with Gasteiger partial charge in [-0.3, -0.25) is 4.90 Å². The van der Waals surface area contributed by atoms with Crippen LogP contribution in [0.3, 0.4) is 0 Å². The highest BCUT2D eigenvalue weighted by Gasteiger charge is 2.21. The Bertz CT molecular complexity index is 380. The Morgan fingerprint density at radius 1 is 1.33 bits per heavy atom. The molecule has 1 aromatic heterocycles. The third-order valence-corrected chi connectivity index (χ3v) is 3.73. The summed E-state index contributed by atoms with van der Waals surface area (Å²) in [6, 6.07) is 2.82. The Kier molecular flexibility index (Phi) is 3.63. The predicted molar refractivity (Wildman–Crippen MR) is 69.1 cm³/mol. The number of hydrogen-bond donors (Lipinski definition) is 1. The Labute approximate surface area is 108 Å². The fraction of sp³-hybridized carbons (Fsp3) is 0.769. The molecular formula is C13H22N4O. The molecule has 2 fully saturated rings. The minimum atomic E-state index is 0.725. The van der Waals surface area contributed by atoms with Crippen LogP contribution in [0.25, 0.3) is 0 Å². The zero-order valence-electron chi connectivity index (χ0n) is 11.1. The predicted octanol–water partition coefficient (Wildman–Crippen LogP) is 0.674. The SMILES string of the molecule is CN1CCN(Cc2cc(CNC3CC3)no2)CC1. The summed E-state index contributed by atoms with van der Waals surface area (Å²) >= 11 is 0. The van der Waals surface area contributed by atoms with Gasteiger partial charge in [-0.05, 0) is 19.9 Å². The van der Waals surface area contributed by atoms with Gasteiger partial charge in [-0.15, -0.1) is 0 Å². The van der Waals surface area contributed by atoms with E-state index in [1.165, 1.54) is 12.8 Å². The van der Waals surface area contributed by atoms with Gasteiger partial charge < -0.3 is 14.7 Å². The summed E-state index contributed by atoms with van der Waals surface area (Å²) in [6.45, 7) is 6.26. The lowest BCUT2D eigenvalue weighted by Crippen LogP contribution is -2.43. The lowest BCUT2D eigenvalue weighted by Gasteiger charge is -2.31. The van der Waals surface area contributed by atoms with E-state index in [9.17, 15) is 0 Å². The first-order valence-electron chi connectivity index (χ1n) is 6.88. The molecule has 2 heterocycles. The molecule has 1 N–H and O–H groups in total. The maximum Gasteiger partial charge on any atom is 0.151 e. The first kappa shape index (κ1) is 12.1. The molecule has 1 saturated carbocycles. The minimum Gasteiger partial charge on any atom is -0.360 e. The molecule has 5 heteroatoms. The van der Waals surface area contributed by atoms with Crippen LogP contribution in [0.4, 0.5) is 0 Å². The van der Waals surface area contributed by atoms with Crippen molar-refractivity contribution in [1.29, 1.82) is 0 Å². The van der Waals surface area contributed by atoms with Gasteiger partial charge in [-0.25, -0.2) is 0 Å². The van der Waals surface area contributed by atoms with Crippen LogP contribution in [-0.4, -0.2) is 54.2 Å². The summed E-state index contributed by atoms with van der Waals surface area (Å²) in [4.78, 5) is 4.79. The van der Waals surface area contributed by atoms with Crippen LogP contribution in [0.5, 0.6) is 0 Å². The van der Waals surface area contributed by atoms with Crippen molar-refractivity contribution >= 4 is 0 Å². The molecule has 0 spiro atoms. The number of rotatable bonds is 5. The lowest BCUT2D eigenvalue weighted by molar-refractivity contribution is 0.137. The van der Waals surface area contributed by atoms with Crippen molar-refractivity contribution in [1.82, 2.24) is 20.3 Å². The van der Waals surface area contributed by atoms with Gasteiger partial charge in [0.15, 0.2) is 5.76 Å². The number of aromatic nitrogens is 1. The fourth-order valence-corrected chi connectivity index (χ4v) is 2.28. The highest BCUT2D eigenvalue weighted by molar-refractivity contribution is 5.06. The fourth-order valence-electron chi connectivity index (χ4n) is 2.28. The van der Waals surface area contributed by atoms with Crippen LogP contribution < -0.4 is 5.32 Å². The van der Waals surface area contributed by atoms with E-state index in [4.69, 9.17) is 4.52 Å². The van der Waals surface area contributed by atoms with Crippen LogP contribution in [0.1, 0.15) is 24.3 Å². The third-order valence-electron chi connectivity index (χ3n) is 3.73. The molecule has 0 radical (unpaired) electrons. The summed E-state index contributed by atoms with van der Waals surface area (Å²) in [5.41, 5.74) is 1.03. The van der Waals surface area contributed by atoms with Gasteiger partial charge in [0.2, 0.25) is 0 Å². The molecule has 0 amide bonds. The number of nitrogens with zero attached hydrogens (tertiary/aromatic N) is 3. The van der Waals surface area contributed by atoms with Crippen molar-refractivity contribution in [3.05, 3.63) is 17.5 Å². The second-order valence-corrected chi connectivity index (χ2v) is 5.52. The number of nitrogens with one attached hydrogen (secondary N) is 1. The second kappa shape index (κ2) is 5.38. The molecule has 0 atom stereocenters. The second-order valence-electron chi connectivity index (χ2n) is 5.52. The molecule has 3 rings (SSSR count). The molecule has 0 unspecified atom stereocenters. The molecule has 0 bridgehead atoms. The van der Waals surface area contributed by atoms with Crippen LogP contribution in [0.2, 0.25) is 0 Å². The molecule has 18 heavy (non-hydrogen) atoms. The zero-order valence-corrected chi connectivity index (χ0v) is 11.1. The number of piperazine rings is 1. The summed E-state index contributed by atoms with van der Waals surface area (Å²) in [6.07, 6.45) is 2.62. The van der Waals surface area contributed by atoms with Gasteiger partial charge in [-0.1, -0.05) is 5.16 Å². The van der Waals surface area contributed by atoms with Gasteiger partial charge in [0.1, 0.15) is 0 Å². The normalized spacial score (nSPS) is 22.5. The van der Waals surface area contributed by atoms with E-state index in [1.54, 1.807) is 0 Å². The number of likely N-dealkylation sites (N-methyl/N-ethyl adjacent to an activating group) is 1. The summed E-state index contributed by atoms with van der Waals surface area (Å²) in [7, 11) is 2.17. The Balaban J connectivity index is 1.46. The van der Waals surface area contributed by atoms with E-state index >= 15 is 0 Å². The monoisotopic (exact) mass is 250 g/mol. The van der Waals surface area contributed by atoms with E-state index in [1.807, 2.05) is 0 Å². The van der Waals surface area contributed by atoms with E-state index in [0.717, 1.165) is 56.8 Å². The molecule has 1 aromatic rings. The van der Waals surface area contributed by atoms with Crippen molar-refractivity contribution in [2.24, 2.45) is 0 Å². The average molecular weight is 250 g/mol. The molecule has 0 aromatic carbocycles. The number of hydrogen-bond acceptors (Lipinski definition) is 5. The van der Waals surface area contributed by atoms with Gasteiger partial charge in [0, 0.05) is 44.8 Å². The summed E-state index contributed by atoms with van der Waals surface area (Å²) in [5.74, 6) is 0.993. The van der Waals surface area contributed by atoms with Crippen molar-refractivity contribution in [2.45, 2.75) is 32.0 Å².